The fourth-order valence-corrected chi connectivity index (χ4v) is 2.16. The van der Waals surface area contributed by atoms with Crippen LogP contribution in [-0.2, 0) is 9.59 Å². The average molecular weight is 209 g/mol. The van der Waals surface area contributed by atoms with Gasteiger partial charge >= 0.3 is 5.97 Å². The van der Waals surface area contributed by atoms with Gasteiger partial charge in [-0.3, -0.25) is 0 Å². The average Bonchev–Trinajstić information content (AvgIpc) is 2.04. The van der Waals surface area contributed by atoms with E-state index in [1.165, 1.54) is 17.1 Å². The van der Waals surface area contributed by atoms with Crippen molar-refractivity contribution in [2.45, 2.75) is 12.1 Å². The molecule has 0 aromatic rings. The number of hydrogen-bond donors (Lipinski definition) is 2. The summed E-state index contributed by atoms with van der Waals surface area (Å²) < 4.78 is 0. The van der Waals surface area contributed by atoms with E-state index in [1.807, 2.05) is 0 Å². The third kappa shape index (κ3) is 3.21. The molecule has 1 aliphatic rings. The van der Waals surface area contributed by atoms with Gasteiger partial charge in [-0.2, -0.15) is 0 Å². The van der Waals surface area contributed by atoms with Gasteiger partial charge in [0, 0.05) is 0 Å². The van der Waals surface area contributed by atoms with Crippen LogP contribution in [0.4, 0.5) is 0 Å². The third-order valence-corrected chi connectivity index (χ3v) is 2.87. The Balaban J connectivity index is 0.00000144. The fourth-order valence-electron chi connectivity index (χ4n) is 1.01. The van der Waals surface area contributed by atoms with Crippen molar-refractivity contribution < 1.29 is 30.6 Å². The van der Waals surface area contributed by atoms with Gasteiger partial charge in [-0.15, -0.1) is 11.8 Å². The number of carboxylic acids is 2. The van der Waals surface area contributed by atoms with Gasteiger partial charge in [0.15, 0.2) is 6.04 Å². The Hall–Kier alpha value is -0.790. The Morgan fingerprint density at radius 2 is 1.92 bits per heavy atom. The van der Waals surface area contributed by atoms with E-state index < -0.39 is 24.0 Å². The smallest absolute Gasteiger partial charge is 0.363 e. The molecule has 1 saturated heterocycles. The number of thioether (sulfide) groups is 1. The standard InChI is InChI=1S/C6H9NO4S.H2O/c8-5(9)3-1-12-2-4(7-3)6(10)11;/h3-4,7H,1-2H2,(H,8,9)(H,10,11);1H2/t3-,4-;/m0./s1. The first kappa shape index (κ1) is 12.2. The van der Waals surface area contributed by atoms with Gasteiger partial charge in [-0.05, 0) is 0 Å². The first-order valence-electron chi connectivity index (χ1n) is 3.47. The number of rotatable bonds is 2. The second-order valence-corrected chi connectivity index (χ2v) is 3.68. The highest BCUT2D eigenvalue weighted by atomic mass is 32.2. The zero-order valence-electron chi connectivity index (χ0n) is 6.73. The van der Waals surface area contributed by atoms with Crippen molar-refractivity contribution in [3.05, 3.63) is 0 Å². The van der Waals surface area contributed by atoms with Crippen LogP contribution in [0.5, 0.6) is 0 Å². The number of hydrogen-bond acceptors (Lipinski definition) is 4. The largest absolute Gasteiger partial charge is 0.544 e. The number of carbonyl (C=O) groups excluding carboxylic acids is 1. The SMILES string of the molecule is O.O=C([O-])[C@@H]1CSC[C@@H](C(=O)O)[NH2+]1. The second kappa shape index (κ2) is 5.05. The number of aliphatic carboxylic acids is 2. The topological polar surface area (TPSA) is 126 Å². The molecule has 76 valence electrons. The van der Waals surface area contributed by atoms with Gasteiger partial charge in [0.05, 0.1) is 11.5 Å². The molecule has 13 heavy (non-hydrogen) atoms. The highest BCUT2D eigenvalue weighted by molar-refractivity contribution is 7.99. The summed E-state index contributed by atoms with van der Waals surface area (Å²) in [5, 5.41) is 20.3. The molecule has 1 heterocycles. The Labute approximate surface area is 78.6 Å². The van der Waals surface area contributed by atoms with Gasteiger partial charge in [-0.25, -0.2) is 4.79 Å². The molecule has 6 nitrogen and oxygen atoms in total. The summed E-state index contributed by atoms with van der Waals surface area (Å²) >= 11 is 1.33. The molecule has 0 aliphatic carbocycles. The molecule has 0 amide bonds. The van der Waals surface area contributed by atoms with E-state index in [9.17, 15) is 14.7 Å². The number of nitrogens with two attached hydrogens (primary N) is 1. The van der Waals surface area contributed by atoms with Crippen molar-refractivity contribution in [3.8, 4) is 0 Å². The molecular formula is C6H11NO5S. The minimum absolute atomic E-state index is 0. The first-order valence-corrected chi connectivity index (χ1v) is 4.63. The highest BCUT2D eigenvalue weighted by Gasteiger charge is 2.30. The maximum atomic E-state index is 10.5. The quantitative estimate of drug-likeness (QED) is 0.480. The summed E-state index contributed by atoms with van der Waals surface area (Å²) in [4.78, 5) is 20.8. The summed E-state index contributed by atoms with van der Waals surface area (Å²) in [6.45, 7) is 0. The summed E-state index contributed by atoms with van der Waals surface area (Å²) in [5.41, 5.74) is 0. The Morgan fingerprint density at radius 1 is 1.38 bits per heavy atom. The molecule has 7 heteroatoms. The van der Waals surface area contributed by atoms with Crippen molar-refractivity contribution in [1.29, 1.82) is 0 Å². The van der Waals surface area contributed by atoms with E-state index >= 15 is 0 Å². The molecule has 2 atom stereocenters. The van der Waals surface area contributed by atoms with Crippen molar-refractivity contribution >= 4 is 23.7 Å². The Morgan fingerprint density at radius 3 is 2.38 bits per heavy atom. The predicted molar refractivity (Wildman–Crippen MR) is 43.1 cm³/mol. The third-order valence-electron chi connectivity index (χ3n) is 1.68. The summed E-state index contributed by atoms with van der Waals surface area (Å²) in [6, 6.07) is -1.36. The molecule has 0 aromatic carbocycles. The van der Waals surface area contributed by atoms with Crippen molar-refractivity contribution in [1.82, 2.24) is 0 Å². The minimum atomic E-state index is -1.19. The summed E-state index contributed by atoms with van der Waals surface area (Å²) in [6.07, 6.45) is 0. The molecule has 1 aliphatic heterocycles. The van der Waals surface area contributed by atoms with Gasteiger partial charge in [0.1, 0.15) is 12.0 Å². The zero-order chi connectivity index (χ0) is 9.14. The van der Waals surface area contributed by atoms with Crippen LogP contribution in [0.25, 0.3) is 0 Å². The lowest BCUT2D eigenvalue weighted by atomic mass is 10.2. The van der Waals surface area contributed by atoms with Crippen molar-refractivity contribution in [2.24, 2.45) is 0 Å². The summed E-state index contributed by atoms with van der Waals surface area (Å²) in [5.74, 6) is -1.27. The van der Waals surface area contributed by atoms with E-state index in [-0.39, 0.29) is 5.48 Å². The number of quaternary nitrogens is 1. The molecule has 0 spiro atoms. The minimum Gasteiger partial charge on any atom is -0.544 e. The van der Waals surface area contributed by atoms with E-state index in [2.05, 4.69) is 0 Å². The van der Waals surface area contributed by atoms with Crippen molar-refractivity contribution in [3.63, 3.8) is 0 Å². The molecule has 0 aromatic heterocycles. The van der Waals surface area contributed by atoms with E-state index in [4.69, 9.17) is 5.11 Å². The molecule has 0 radical (unpaired) electrons. The highest BCUT2D eigenvalue weighted by Crippen LogP contribution is 2.06. The van der Waals surface area contributed by atoms with Crippen LogP contribution >= 0.6 is 11.8 Å². The number of carbonyl (C=O) groups is 2. The lowest BCUT2D eigenvalue weighted by molar-refractivity contribution is -0.698. The molecule has 0 unspecified atom stereocenters. The Kier molecular flexibility index (Phi) is 4.74. The lowest BCUT2D eigenvalue weighted by Crippen LogP contribution is -3.01. The van der Waals surface area contributed by atoms with Crippen LogP contribution < -0.4 is 10.4 Å². The lowest BCUT2D eigenvalue weighted by Gasteiger charge is -2.24. The monoisotopic (exact) mass is 209 g/mol. The molecule has 5 N–H and O–H groups in total. The molecular weight excluding hydrogens is 198 g/mol. The molecule has 1 fully saturated rings. The van der Waals surface area contributed by atoms with Crippen molar-refractivity contribution in [2.75, 3.05) is 11.5 Å². The Bertz CT molecular complexity index is 189. The van der Waals surface area contributed by atoms with Gasteiger partial charge in [0.25, 0.3) is 0 Å². The van der Waals surface area contributed by atoms with Crippen LogP contribution in [0.15, 0.2) is 0 Å². The first-order chi connectivity index (χ1) is 5.61. The maximum Gasteiger partial charge on any atom is 0.363 e. The van der Waals surface area contributed by atoms with Crippen LogP contribution in [0.2, 0.25) is 0 Å². The number of carboxylic acid groups (broad SMARTS) is 2. The zero-order valence-corrected chi connectivity index (χ0v) is 7.54. The van der Waals surface area contributed by atoms with E-state index in [1.54, 1.807) is 0 Å². The van der Waals surface area contributed by atoms with Crippen LogP contribution in [-0.4, -0.2) is 46.1 Å². The van der Waals surface area contributed by atoms with E-state index in [0.29, 0.717) is 11.5 Å². The van der Waals surface area contributed by atoms with Crippen LogP contribution in [0, 0.1) is 0 Å². The fraction of sp³-hybridized carbons (Fsp3) is 0.667. The van der Waals surface area contributed by atoms with Gasteiger partial charge in [-0.1, -0.05) is 0 Å². The van der Waals surface area contributed by atoms with Crippen LogP contribution in [0.3, 0.4) is 0 Å². The molecule has 1 rings (SSSR count). The summed E-state index contributed by atoms with van der Waals surface area (Å²) in [7, 11) is 0. The van der Waals surface area contributed by atoms with Crippen LogP contribution in [0.1, 0.15) is 0 Å². The predicted octanol–water partition coefficient (Wildman–Crippen LogP) is -3.96. The normalized spacial score (nSPS) is 27.4. The molecule has 0 bridgehead atoms. The van der Waals surface area contributed by atoms with Gasteiger partial charge in [0.2, 0.25) is 0 Å². The maximum absolute atomic E-state index is 10.5. The molecule has 0 saturated carbocycles. The van der Waals surface area contributed by atoms with E-state index in [0.717, 1.165) is 0 Å². The van der Waals surface area contributed by atoms with Gasteiger partial charge < -0.3 is 25.8 Å². The second-order valence-electron chi connectivity index (χ2n) is 2.60.